The van der Waals surface area contributed by atoms with Crippen LogP contribution in [0.25, 0.3) is 105 Å². The molecule has 0 saturated carbocycles. The van der Waals surface area contributed by atoms with E-state index in [-0.39, 0.29) is 0 Å². The van der Waals surface area contributed by atoms with E-state index in [1.807, 2.05) is 60.7 Å². The summed E-state index contributed by atoms with van der Waals surface area (Å²) in [5.74, 6) is 0.643. The van der Waals surface area contributed by atoms with Crippen molar-refractivity contribution in [2.75, 3.05) is 0 Å². The predicted octanol–water partition coefficient (Wildman–Crippen LogP) is 12.7. The van der Waals surface area contributed by atoms with Gasteiger partial charge < -0.3 is 8.98 Å². The number of hydrogen-bond donors (Lipinski definition) is 0. The molecule has 0 amide bonds. The van der Waals surface area contributed by atoms with Crippen LogP contribution in [0.4, 0.5) is 0 Å². The molecule has 11 aromatic rings. The van der Waals surface area contributed by atoms with Crippen LogP contribution in [-0.2, 0) is 0 Å². The van der Waals surface area contributed by atoms with Crippen molar-refractivity contribution in [2.45, 2.75) is 0 Å². The molecule has 252 valence electrons. The molecule has 54 heavy (non-hydrogen) atoms. The van der Waals surface area contributed by atoms with Crippen LogP contribution < -0.4 is 0 Å². The van der Waals surface area contributed by atoms with Crippen molar-refractivity contribution in [2.24, 2.45) is 0 Å². The molecule has 0 radical (unpaired) electrons. The Morgan fingerprint density at radius 3 is 1.65 bits per heavy atom. The summed E-state index contributed by atoms with van der Waals surface area (Å²) < 4.78 is 8.95. The molecule has 0 saturated heterocycles. The first-order valence-electron chi connectivity index (χ1n) is 18.1. The molecule has 0 bridgehead atoms. The Morgan fingerprint density at radius 2 is 0.963 bits per heavy atom. The van der Waals surface area contributed by atoms with Crippen LogP contribution in [0.15, 0.2) is 186 Å². The molecule has 4 heterocycles. The highest BCUT2D eigenvalue weighted by molar-refractivity contribution is 6.19. The van der Waals surface area contributed by atoms with Gasteiger partial charge in [-0.25, -0.2) is 15.0 Å². The lowest BCUT2D eigenvalue weighted by Gasteiger charge is -2.11. The maximum absolute atomic E-state index is 6.62. The predicted molar refractivity (Wildman–Crippen MR) is 221 cm³/mol. The first-order valence-corrected chi connectivity index (χ1v) is 18.1. The quantitative estimate of drug-likeness (QED) is 0.180. The molecule has 5 heteroatoms. The van der Waals surface area contributed by atoms with E-state index >= 15 is 0 Å². The number of nitrogens with zero attached hydrogens (tertiary/aromatic N) is 4. The van der Waals surface area contributed by atoms with Gasteiger partial charge >= 0.3 is 0 Å². The van der Waals surface area contributed by atoms with Crippen LogP contribution in [0.3, 0.4) is 0 Å². The SMILES string of the molecule is c1ccc(-c2cc(-c3ccc(-n4c5ccccc5c5ccccc54)cc3)nc(-c3ccc4oc5c6ccccc6nc(-c6ccccc6)c5c4c3)n2)cc1. The third kappa shape index (κ3) is 4.83. The van der Waals surface area contributed by atoms with E-state index in [0.717, 1.165) is 77.9 Å². The molecular formula is C49H30N4O. The van der Waals surface area contributed by atoms with Gasteiger partial charge in [0.15, 0.2) is 5.82 Å². The Bertz CT molecular complexity index is 3150. The normalized spacial score (nSPS) is 11.7. The summed E-state index contributed by atoms with van der Waals surface area (Å²) in [7, 11) is 0. The Balaban J connectivity index is 1.09. The number of benzene rings is 7. The lowest BCUT2D eigenvalue weighted by molar-refractivity contribution is 0.672. The highest BCUT2D eigenvalue weighted by Crippen LogP contribution is 2.41. The Kier molecular flexibility index (Phi) is 6.79. The van der Waals surface area contributed by atoms with Gasteiger partial charge in [-0.2, -0.15) is 0 Å². The van der Waals surface area contributed by atoms with E-state index in [1.54, 1.807) is 0 Å². The van der Waals surface area contributed by atoms with Gasteiger partial charge in [-0.05, 0) is 60.7 Å². The van der Waals surface area contributed by atoms with Gasteiger partial charge in [0.2, 0.25) is 0 Å². The highest BCUT2D eigenvalue weighted by atomic mass is 16.3. The first-order chi connectivity index (χ1) is 26.8. The average Bonchev–Trinajstić information content (AvgIpc) is 3.80. The van der Waals surface area contributed by atoms with Crippen molar-refractivity contribution in [1.29, 1.82) is 0 Å². The fourth-order valence-corrected chi connectivity index (χ4v) is 7.87. The van der Waals surface area contributed by atoms with E-state index < -0.39 is 0 Å². The van der Waals surface area contributed by atoms with Crippen LogP contribution in [0.1, 0.15) is 0 Å². The van der Waals surface area contributed by atoms with Crippen molar-refractivity contribution in [3.05, 3.63) is 182 Å². The number of rotatable bonds is 5. The third-order valence-electron chi connectivity index (χ3n) is 10.4. The van der Waals surface area contributed by atoms with Gasteiger partial charge in [-0.3, -0.25) is 0 Å². The summed E-state index contributed by atoms with van der Waals surface area (Å²) in [6, 6.07) is 63.0. The van der Waals surface area contributed by atoms with Gasteiger partial charge in [0, 0.05) is 49.5 Å². The molecule has 5 nitrogen and oxygen atoms in total. The second kappa shape index (κ2) is 12.1. The van der Waals surface area contributed by atoms with Crippen molar-refractivity contribution in [3.8, 4) is 50.8 Å². The molecule has 4 aromatic heterocycles. The second-order valence-corrected chi connectivity index (χ2v) is 13.6. The summed E-state index contributed by atoms with van der Waals surface area (Å²) in [6.45, 7) is 0. The molecule has 0 N–H and O–H groups in total. The second-order valence-electron chi connectivity index (χ2n) is 13.6. The van der Waals surface area contributed by atoms with Gasteiger partial charge in [0.1, 0.15) is 11.2 Å². The molecule has 11 rings (SSSR count). The molecule has 0 aliphatic carbocycles. The minimum absolute atomic E-state index is 0.643. The summed E-state index contributed by atoms with van der Waals surface area (Å²) in [5, 5.41) is 5.43. The molecule has 0 atom stereocenters. The number of aromatic nitrogens is 4. The third-order valence-corrected chi connectivity index (χ3v) is 10.4. The van der Waals surface area contributed by atoms with E-state index in [1.165, 1.54) is 21.8 Å². The van der Waals surface area contributed by atoms with Crippen LogP contribution in [-0.4, -0.2) is 19.5 Å². The summed E-state index contributed by atoms with van der Waals surface area (Å²) in [5.41, 5.74) is 12.6. The Morgan fingerprint density at radius 1 is 0.407 bits per heavy atom. The standard InChI is InChI=1S/C49H30N4O/c1-3-13-31(14-4-1)41-30-42(32-23-26-35(27-24-32)53-43-21-11-8-17-36(43)37-18-9-12-22-44(37)53)52-49(51-41)34-25-28-45-39(29-34)46-47(33-15-5-2-6-16-33)50-40-20-10-7-19-38(40)48(46)54-45/h1-30H. The number of furan rings is 1. The van der Waals surface area contributed by atoms with Gasteiger partial charge in [0.25, 0.3) is 0 Å². The molecular weight excluding hydrogens is 661 g/mol. The molecule has 7 aromatic carbocycles. The molecule has 0 spiro atoms. The zero-order valence-corrected chi connectivity index (χ0v) is 29.0. The zero-order valence-electron chi connectivity index (χ0n) is 29.0. The van der Waals surface area contributed by atoms with E-state index in [0.29, 0.717) is 5.82 Å². The van der Waals surface area contributed by atoms with E-state index in [4.69, 9.17) is 19.4 Å². The number of fused-ring (bicyclic) bond motifs is 8. The van der Waals surface area contributed by atoms with Crippen LogP contribution in [0, 0.1) is 0 Å². The lowest BCUT2D eigenvalue weighted by atomic mass is 10.0. The fraction of sp³-hybridized carbons (Fsp3) is 0. The molecule has 0 aliphatic rings. The average molecular weight is 691 g/mol. The van der Waals surface area contributed by atoms with Crippen molar-refractivity contribution < 1.29 is 4.42 Å². The Hall–Kier alpha value is -7.37. The van der Waals surface area contributed by atoms with Crippen LogP contribution in [0.5, 0.6) is 0 Å². The van der Waals surface area contributed by atoms with Crippen molar-refractivity contribution in [3.63, 3.8) is 0 Å². The number of hydrogen-bond acceptors (Lipinski definition) is 4. The Labute approximate surface area is 310 Å². The molecule has 0 fully saturated rings. The van der Waals surface area contributed by atoms with Crippen LogP contribution >= 0.6 is 0 Å². The molecule has 0 aliphatic heterocycles. The van der Waals surface area contributed by atoms with Gasteiger partial charge in [0.05, 0.1) is 39.0 Å². The number of para-hydroxylation sites is 3. The van der Waals surface area contributed by atoms with E-state index in [9.17, 15) is 0 Å². The zero-order chi connectivity index (χ0) is 35.6. The maximum atomic E-state index is 6.62. The fourth-order valence-electron chi connectivity index (χ4n) is 7.87. The number of pyridine rings is 1. The van der Waals surface area contributed by atoms with Crippen molar-refractivity contribution in [1.82, 2.24) is 19.5 Å². The van der Waals surface area contributed by atoms with Crippen LogP contribution in [0.2, 0.25) is 0 Å². The van der Waals surface area contributed by atoms with E-state index in [2.05, 4.69) is 126 Å². The molecule has 0 unspecified atom stereocenters. The first kappa shape index (κ1) is 30.3. The highest BCUT2D eigenvalue weighted by Gasteiger charge is 2.20. The maximum Gasteiger partial charge on any atom is 0.160 e. The topological polar surface area (TPSA) is 56.7 Å². The largest absolute Gasteiger partial charge is 0.455 e. The van der Waals surface area contributed by atoms with Gasteiger partial charge in [-0.15, -0.1) is 0 Å². The van der Waals surface area contributed by atoms with Crippen molar-refractivity contribution >= 4 is 54.6 Å². The minimum atomic E-state index is 0.643. The monoisotopic (exact) mass is 690 g/mol. The minimum Gasteiger partial charge on any atom is -0.455 e. The lowest BCUT2D eigenvalue weighted by Crippen LogP contribution is -1.97. The summed E-state index contributed by atoms with van der Waals surface area (Å²) in [6.07, 6.45) is 0. The summed E-state index contributed by atoms with van der Waals surface area (Å²) >= 11 is 0. The smallest absolute Gasteiger partial charge is 0.160 e. The summed E-state index contributed by atoms with van der Waals surface area (Å²) in [4.78, 5) is 15.6. The van der Waals surface area contributed by atoms with Gasteiger partial charge in [-0.1, -0.05) is 121 Å².